The van der Waals surface area contributed by atoms with E-state index in [2.05, 4.69) is 5.32 Å². The summed E-state index contributed by atoms with van der Waals surface area (Å²) in [4.78, 5) is 0. The third-order valence-corrected chi connectivity index (χ3v) is 3.26. The van der Waals surface area contributed by atoms with E-state index in [4.69, 9.17) is 11.6 Å². The molecule has 1 atom stereocenters. The first kappa shape index (κ1) is 13.7. The van der Waals surface area contributed by atoms with Gasteiger partial charge in [0.05, 0.1) is 0 Å². The summed E-state index contributed by atoms with van der Waals surface area (Å²) in [5.74, 6) is 0.155. The van der Waals surface area contributed by atoms with Crippen molar-refractivity contribution in [2.45, 2.75) is 19.5 Å². The van der Waals surface area contributed by atoms with E-state index in [1.165, 1.54) is 6.07 Å². The Morgan fingerprint density at radius 2 is 1.79 bits per heavy atom. The molecule has 0 bridgehead atoms. The second-order valence-electron chi connectivity index (χ2n) is 4.47. The van der Waals surface area contributed by atoms with Gasteiger partial charge in [-0.3, -0.25) is 0 Å². The lowest BCUT2D eigenvalue weighted by Crippen LogP contribution is -2.18. The van der Waals surface area contributed by atoms with Crippen molar-refractivity contribution < 1.29 is 10.2 Å². The second-order valence-corrected chi connectivity index (χ2v) is 4.91. The van der Waals surface area contributed by atoms with Crippen LogP contribution in [0.15, 0.2) is 42.5 Å². The first-order chi connectivity index (χ1) is 9.06. The summed E-state index contributed by atoms with van der Waals surface area (Å²) < 4.78 is 0. The number of hydrogen-bond donors (Lipinski definition) is 3. The Balaban J connectivity index is 2.01. The van der Waals surface area contributed by atoms with Crippen LogP contribution in [0, 0.1) is 0 Å². The number of nitrogens with one attached hydrogen (secondary N) is 1. The first-order valence-electron chi connectivity index (χ1n) is 6.06. The number of phenolic OH excluding ortho intramolecular Hbond substituents is 2. The lowest BCUT2D eigenvalue weighted by atomic mass is 10.1. The van der Waals surface area contributed by atoms with Gasteiger partial charge in [0.2, 0.25) is 0 Å². The van der Waals surface area contributed by atoms with Crippen LogP contribution < -0.4 is 5.32 Å². The smallest absolute Gasteiger partial charge is 0.124 e. The topological polar surface area (TPSA) is 52.5 Å². The van der Waals surface area contributed by atoms with Crippen LogP contribution in [0.4, 0.5) is 0 Å². The van der Waals surface area contributed by atoms with Crippen molar-refractivity contribution in [3.05, 3.63) is 58.6 Å². The molecule has 100 valence electrons. The average molecular weight is 278 g/mol. The maximum Gasteiger partial charge on any atom is 0.124 e. The zero-order valence-electron chi connectivity index (χ0n) is 10.6. The summed E-state index contributed by atoms with van der Waals surface area (Å²) in [5.41, 5.74) is 1.88. The van der Waals surface area contributed by atoms with Gasteiger partial charge in [0.1, 0.15) is 11.5 Å². The highest BCUT2D eigenvalue weighted by Crippen LogP contribution is 2.27. The molecule has 0 aromatic heterocycles. The molecule has 0 aliphatic carbocycles. The Hall–Kier alpha value is -1.71. The molecule has 0 aliphatic heterocycles. The van der Waals surface area contributed by atoms with Crippen molar-refractivity contribution in [1.82, 2.24) is 5.32 Å². The van der Waals surface area contributed by atoms with E-state index in [1.54, 1.807) is 12.1 Å². The lowest BCUT2D eigenvalue weighted by Gasteiger charge is -2.16. The lowest BCUT2D eigenvalue weighted by molar-refractivity contribution is 0.436. The highest BCUT2D eigenvalue weighted by atomic mass is 35.5. The highest BCUT2D eigenvalue weighted by Gasteiger charge is 2.10. The van der Waals surface area contributed by atoms with E-state index in [0.29, 0.717) is 11.6 Å². The van der Waals surface area contributed by atoms with Gasteiger partial charge in [-0.2, -0.15) is 0 Å². The summed E-state index contributed by atoms with van der Waals surface area (Å²) in [6.45, 7) is 2.64. The maximum atomic E-state index is 9.78. The van der Waals surface area contributed by atoms with Crippen molar-refractivity contribution >= 4 is 11.6 Å². The molecule has 1 unspecified atom stereocenters. The molecule has 0 fully saturated rings. The van der Waals surface area contributed by atoms with Gasteiger partial charge in [0, 0.05) is 29.2 Å². The molecule has 2 aromatic rings. The van der Waals surface area contributed by atoms with Crippen molar-refractivity contribution in [2.75, 3.05) is 0 Å². The molecule has 0 saturated heterocycles. The van der Waals surface area contributed by atoms with Gasteiger partial charge in [0.25, 0.3) is 0 Å². The number of rotatable bonds is 4. The highest BCUT2D eigenvalue weighted by molar-refractivity contribution is 6.30. The molecule has 0 spiro atoms. The number of aromatic hydroxyl groups is 2. The minimum Gasteiger partial charge on any atom is -0.508 e. The predicted octanol–water partition coefficient (Wildman–Crippen LogP) is 3.60. The molecule has 0 heterocycles. The Bertz CT molecular complexity index is 555. The summed E-state index contributed by atoms with van der Waals surface area (Å²) in [6.07, 6.45) is 0. The van der Waals surface area contributed by atoms with Crippen molar-refractivity contribution in [2.24, 2.45) is 0 Å². The van der Waals surface area contributed by atoms with Crippen molar-refractivity contribution in [3.63, 3.8) is 0 Å². The maximum absolute atomic E-state index is 9.78. The van der Waals surface area contributed by atoms with Crippen molar-refractivity contribution in [1.29, 1.82) is 0 Å². The summed E-state index contributed by atoms with van der Waals surface area (Å²) in [6, 6.07) is 12.2. The third kappa shape index (κ3) is 3.63. The van der Waals surface area contributed by atoms with Crippen LogP contribution >= 0.6 is 11.6 Å². The summed E-state index contributed by atoms with van der Waals surface area (Å²) in [5, 5.41) is 23.1. The van der Waals surface area contributed by atoms with E-state index in [-0.39, 0.29) is 17.5 Å². The van der Waals surface area contributed by atoms with Crippen LogP contribution in [0.1, 0.15) is 24.1 Å². The molecule has 0 saturated carbocycles. The Morgan fingerprint density at radius 1 is 1.11 bits per heavy atom. The Labute approximate surface area is 117 Å². The number of benzene rings is 2. The largest absolute Gasteiger partial charge is 0.508 e. The van der Waals surface area contributed by atoms with Gasteiger partial charge in [0.15, 0.2) is 0 Å². The SMILES string of the molecule is CC(NCc1ccc(Cl)cc1)c1ccc(O)cc1O. The Morgan fingerprint density at radius 3 is 2.42 bits per heavy atom. The zero-order chi connectivity index (χ0) is 13.8. The fourth-order valence-corrected chi connectivity index (χ4v) is 2.01. The number of halogens is 1. The molecule has 0 aliphatic rings. The molecule has 3 N–H and O–H groups in total. The van der Waals surface area contributed by atoms with Gasteiger partial charge in [-0.05, 0) is 30.7 Å². The van der Waals surface area contributed by atoms with E-state index >= 15 is 0 Å². The normalized spacial score (nSPS) is 12.3. The minimum atomic E-state index is -0.0173. The van der Waals surface area contributed by atoms with E-state index in [9.17, 15) is 10.2 Å². The monoisotopic (exact) mass is 277 g/mol. The van der Waals surface area contributed by atoms with E-state index in [0.717, 1.165) is 11.1 Å². The van der Waals surface area contributed by atoms with Crippen LogP contribution in [0.25, 0.3) is 0 Å². The van der Waals surface area contributed by atoms with Crippen LogP contribution in [0.3, 0.4) is 0 Å². The molecule has 4 heteroatoms. The molecule has 0 amide bonds. The standard InChI is InChI=1S/C15H16ClNO2/c1-10(14-7-6-13(18)8-15(14)19)17-9-11-2-4-12(16)5-3-11/h2-8,10,17-19H,9H2,1H3. The van der Waals surface area contributed by atoms with Crippen LogP contribution in [-0.2, 0) is 6.54 Å². The molecule has 2 rings (SSSR count). The molecule has 19 heavy (non-hydrogen) atoms. The van der Waals surface area contributed by atoms with Crippen LogP contribution in [0.5, 0.6) is 11.5 Å². The summed E-state index contributed by atoms with van der Waals surface area (Å²) >= 11 is 5.83. The number of phenols is 2. The molecule has 3 nitrogen and oxygen atoms in total. The van der Waals surface area contributed by atoms with E-state index in [1.807, 2.05) is 31.2 Å². The second kappa shape index (κ2) is 5.95. The molecule has 0 radical (unpaired) electrons. The molecule has 2 aromatic carbocycles. The zero-order valence-corrected chi connectivity index (χ0v) is 11.4. The van der Waals surface area contributed by atoms with Gasteiger partial charge in [-0.25, -0.2) is 0 Å². The quantitative estimate of drug-likeness (QED) is 0.800. The average Bonchev–Trinajstić information content (AvgIpc) is 2.37. The van der Waals surface area contributed by atoms with Crippen LogP contribution in [-0.4, -0.2) is 10.2 Å². The van der Waals surface area contributed by atoms with Crippen molar-refractivity contribution in [3.8, 4) is 11.5 Å². The first-order valence-corrected chi connectivity index (χ1v) is 6.44. The van der Waals surface area contributed by atoms with Gasteiger partial charge in [-0.1, -0.05) is 29.8 Å². The van der Waals surface area contributed by atoms with Gasteiger partial charge in [-0.15, -0.1) is 0 Å². The molecular formula is C15H16ClNO2. The fraction of sp³-hybridized carbons (Fsp3) is 0.200. The van der Waals surface area contributed by atoms with Crippen LogP contribution in [0.2, 0.25) is 5.02 Å². The summed E-state index contributed by atoms with van der Waals surface area (Å²) in [7, 11) is 0. The minimum absolute atomic E-state index is 0.0173. The Kier molecular flexibility index (Phi) is 4.30. The van der Waals surface area contributed by atoms with E-state index < -0.39 is 0 Å². The molecular weight excluding hydrogens is 262 g/mol. The number of hydrogen-bond acceptors (Lipinski definition) is 3. The fourth-order valence-electron chi connectivity index (χ4n) is 1.88. The van der Waals surface area contributed by atoms with Gasteiger partial charge >= 0.3 is 0 Å². The predicted molar refractivity (Wildman–Crippen MR) is 76.5 cm³/mol. The van der Waals surface area contributed by atoms with Gasteiger partial charge < -0.3 is 15.5 Å². The third-order valence-electron chi connectivity index (χ3n) is 3.01.